The van der Waals surface area contributed by atoms with E-state index in [4.69, 9.17) is 4.74 Å². The van der Waals surface area contributed by atoms with Gasteiger partial charge in [-0.25, -0.2) is 4.79 Å². The molecule has 2 rings (SSSR count). The van der Waals surface area contributed by atoms with Gasteiger partial charge in [-0.3, -0.25) is 0 Å². The first kappa shape index (κ1) is 12.7. The van der Waals surface area contributed by atoms with Crippen molar-refractivity contribution in [2.75, 3.05) is 25.1 Å². The number of ether oxygens (including phenoxy) is 1. The number of carbonyl (C=O) groups excluding carboxylic acids is 1. The molecule has 1 saturated heterocycles. The zero-order valence-electron chi connectivity index (χ0n) is 9.91. The fourth-order valence-corrected chi connectivity index (χ4v) is 3.00. The van der Waals surface area contributed by atoms with Gasteiger partial charge in [-0.2, -0.15) is 0 Å². The molecular weight excluding hydrogens is 329 g/mol. The summed E-state index contributed by atoms with van der Waals surface area (Å²) in [6, 6.07) is 5.77. The maximum atomic E-state index is 11.4. The van der Waals surface area contributed by atoms with E-state index in [1.165, 1.54) is 32.1 Å². The third-order valence-corrected chi connectivity index (χ3v) is 3.93. The highest BCUT2D eigenvalue weighted by Crippen LogP contribution is 2.26. The summed E-state index contributed by atoms with van der Waals surface area (Å²) < 4.78 is 5.84. The normalized spacial score (nSPS) is 15.8. The summed E-state index contributed by atoms with van der Waals surface area (Å²) in [4.78, 5) is 13.8. The Morgan fingerprint density at radius 2 is 2.00 bits per heavy atom. The molecule has 0 aromatic heterocycles. The number of esters is 1. The number of anilines is 1. The molecule has 4 heteroatoms. The van der Waals surface area contributed by atoms with Crippen LogP contribution in [0.4, 0.5) is 5.69 Å². The number of halogens is 1. The molecule has 0 N–H and O–H groups in total. The Labute approximate surface area is 115 Å². The summed E-state index contributed by atoms with van der Waals surface area (Å²) in [6.07, 6.45) is 3.84. The molecule has 0 saturated carbocycles. The topological polar surface area (TPSA) is 29.5 Å². The van der Waals surface area contributed by atoms with Crippen molar-refractivity contribution in [1.82, 2.24) is 0 Å². The van der Waals surface area contributed by atoms with Crippen LogP contribution in [0.15, 0.2) is 18.2 Å². The number of hydrogen-bond donors (Lipinski definition) is 0. The van der Waals surface area contributed by atoms with Crippen LogP contribution in [0.2, 0.25) is 0 Å². The molecule has 3 nitrogen and oxygen atoms in total. The number of carbonyl (C=O) groups is 1. The lowest BCUT2D eigenvalue weighted by molar-refractivity contribution is 0.0600. The molecule has 0 amide bonds. The van der Waals surface area contributed by atoms with Gasteiger partial charge < -0.3 is 9.64 Å². The molecule has 0 bridgehead atoms. The van der Waals surface area contributed by atoms with E-state index in [2.05, 4.69) is 27.5 Å². The SMILES string of the molecule is COC(=O)c1ccc(N2CCCCC2)c(I)c1. The van der Waals surface area contributed by atoms with Gasteiger partial charge in [-0.15, -0.1) is 0 Å². The standard InChI is InChI=1S/C13H16INO2/c1-17-13(16)10-5-6-12(11(14)9-10)15-7-3-2-4-8-15/h5-6,9H,2-4,7-8H2,1H3. The third kappa shape index (κ3) is 2.91. The van der Waals surface area contributed by atoms with Gasteiger partial charge in [-0.1, -0.05) is 0 Å². The van der Waals surface area contributed by atoms with Crippen LogP contribution in [0.5, 0.6) is 0 Å². The second-order valence-electron chi connectivity index (χ2n) is 4.21. The molecule has 1 aliphatic heterocycles. The summed E-state index contributed by atoms with van der Waals surface area (Å²) in [5.41, 5.74) is 1.86. The third-order valence-electron chi connectivity index (χ3n) is 3.07. The lowest BCUT2D eigenvalue weighted by Gasteiger charge is -2.29. The van der Waals surface area contributed by atoms with Gasteiger partial charge in [-0.05, 0) is 60.1 Å². The quantitative estimate of drug-likeness (QED) is 0.610. The first-order valence-electron chi connectivity index (χ1n) is 5.85. The summed E-state index contributed by atoms with van der Waals surface area (Å²) in [6.45, 7) is 2.24. The van der Waals surface area contributed by atoms with Gasteiger partial charge in [0.25, 0.3) is 0 Å². The Morgan fingerprint density at radius 3 is 2.59 bits per heavy atom. The first-order chi connectivity index (χ1) is 8.22. The van der Waals surface area contributed by atoms with Crippen LogP contribution >= 0.6 is 22.6 Å². The van der Waals surface area contributed by atoms with Crippen molar-refractivity contribution in [2.24, 2.45) is 0 Å². The number of nitrogens with zero attached hydrogens (tertiary/aromatic N) is 1. The second-order valence-corrected chi connectivity index (χ2v) is 5.37. The average molecular weight is 345 g/mol. The molecular formula is C13H16INO2. The first-order valence-corrected chi connectivity index (χ1v) is 6.93. The van der Waals surface area contributed by atoms with Crippen molar-refractivity contribution in [3.05, 3.63) is 27.3 Å². The molecule has 1 aromatic carbocycles. The van der Waals surface area contributed by atoms with E-state index < -0.39 is 0 Å². The van der Waals surface area contributed by atoms with Crippen molar-refractivity contribution in [3.8, 4) is 0 Å². The smallest absolute Gasteiger partial charge is 0.337 e. The minimum absolute atomic E-state index is 0.270. The Balaban J connectivity index is 2.21. The highest BCUT2D eigenvalue weighted by Gasteiger charge is 2.15. The van der Waals surface area contributed by atoms with Crippen molar-refractivity contribution in [2.45, 2.75) is 19.3 Å². The number of methoxy groups -OCH3 is 1. The lowest BCUT2D eigenvalue weighted by atomic mass is 10.1. The number of piperidine rings is 1. The molecule has 1 heterocycles. The molecule has 1 fully saturated rings. The van der Waals surface area contributed by atoms with Crippen LogP contribution in [0, 0.1) is 3.57 Å². The van der Waals surface area contributed by atoms with Crippen LogP contribution in [0.1, 0.15) is 29.6 Å². The highest BCUT2D eigenvalue weighted by molar-refractivity contribution is 14.1. The minimum atomic E-state index is -0.270. The highest BCUT2D eigenvalue weighted by atomic mass is 127. The molecule has 17 heavy (non-hydrogen) atoms. The number of hydrogen-bond acceptors (Lipinski definition) is 3. The molecule has 92 valence electrons. The van der Waals surface area contributed by atoms with E-state index in [9.17, 15) is 4.79 Å². The molecule has 0 atom stereocenters. The Bertz CT molecular complexity index is 414. The number of rotatable bonds is 2. The van der Waals surface area contributed by atoms with E-state index in [1.807, 2.05) is 18.2 Å². The fourth-order valence-electron chi connectivity index (χ4n) is 2.14. The summed E-state index contributed by atoms with van der Waals surface area (Å²) in [5, 5.41) is 0. The molecule has 1 aromatic rings. The minimum Gasteiger partial charge on any atom is -0.465 e. The van der Waals surface area contributed by atoms with Gasteiger partial charge >= 0.3 is 5.97 Å². The van der Waals surface area contributed by atoms with E-state index in [0.29, 0.717) is 5.56 Å². The predicted molar refractivity (Wildman–Crippen MR) is 76.6 cm³/mol. The van der Waals surface area contributed by atoms with E-state index in [1.54, 1.807) is 0 Å². The van der Waals surface area contributed by atoms with E-state index in [-0.39, 0.29) is 5.97 Å². The van der Waals surface area contributed by atoms with Gasteiger partial charge in [0.05, 0.1) is 18.4 Å². The maximum absolute atomic E-state index is 11.4. The maximum Gasteiger partial charge on any atom is 0.337 e. The summed E-state index contributed by atoms with van der Waals surface area (Å²) in [7, 11) is 1.41. The Morgan fingerprint density at radius 1 is 1.29 bits per heavy atom. The van der Waals surface area contributed by atoms with Crippen LogP contribution in [0.25, 0.3) is 0 Å². The molecule has 0 spiro atoms. The summed E-state index contributed by atoms with van der Waals surface area (Å²) >= 11 is 2.29. The Hall–Kier alpha value is -0.780. The molecule has 0 unspecified atom stereocenters. The lowest BCUT2D eigenvalue weighted by Crippen LogP contribution is -2.30. The van der Waals surface area contributed by atoms with Crippen LogP contribution in [-0.4, -0.2) is 26.2 Å². The zero-order chi connectivity index (χ0) is 12.3. The van der Waals surface area contributed by atoms with Crippen molar-refractivity contribution in [1.29, 1.82) is 0 Å². The average Bonchev–Trinajstić information content (AvgIpc) is 2.38. The molecule has 0 aliphatic carbocycles. The number of benzene rings is 1. The fraction of sp³-hybridized carbons (Fsp3) is 0.462. The van der Waals surface area contributed by atoms with Crippen molar-refractivity contribution in [3.63, 3.8) is 0 Å². The second kappa shape index (κ2) is 5.71. The monoisotopic (exact) mass is 345 g/mol. The van der Waals surface area contributed by atoms with Crippen LogP contribution in [0.3, 0.4) is 0 Å². The van der Waals surface area contributed by atoms with Gasteiger partial charge in [0.2, 0.25) is 0 Å². The largest absolute Gasteiger partial charge is 0.465 e. The van der Waals surface area contributed by atoms with E-state index >= 15 is 0 Å². The Kier molecular flexibility index (Phi) is 4.25. The zero-order valence-corrected chi connectivity index (χ0v) is 12.1. The van der Waals surface area contributed by atoms with E-state index in [0.717, 1.165) is 16.7 Å². The van der Waals surface area contributed by atoms with Crippen LogP contribution < -0.4 is 4.90 Å². The molecule has 0 radical (unpaired) electrons. The van der Waals surface area contributed by atoms with Gasteiger partial charge in [0, 0.05) is 16.7 Å². The van der Waals surface area contributed by atoms with Gasteiger partial charge in [0.1, 0.15) is 0 Å². The van der Waals surface area contributed by atoms with Crippen molar-refractivity contribution >= 4 is 34.2 Å². The molecule has 1 aliphatic rings. The van der Waals surface area contributed by atoms with Crippen molar-refractivity contribution < 1.29 is 9.53 Å². The summed E-state index contributed by atoms with van der Waals surface area (Å²) in [5.74, 6) is -0.270. The predicted octanol–water partition coefficient (Wildman–Crippen LogP) is 3.07. The van der Waals surface area contributed by atoms with Gasteiger partial charge in [0.15, 0.2) is 0 Å². The van der Waals surface area contributed by atoms with Crippen LogP contribution in [-0.2, 0) is 4.74 Å².